The molecule has 0 atom stereocenters. The molecule has 0 aliphatic carbocycles. The van der Waals surface area contributed by atoms with Crippen LogP contribution in [0.4, 0.5) is 11.4 Å². The number of nitrogens with zero attached hydrogens (tertiary/aromatic N) is 1. The average molecular weight is 409 g/mol. The van der Waals surface area contributed by atoms with Gasteiger partial charge in [-0.3, -0.25) is 9.59 Å². The minimum absolute atomic E-state index is 0.207. The molecule has 0 saturated carbocycles. The molecule has 0 radical (unpaired) electrons. The van der Waals surface area contributed by atoms with Gasteiger partial charge in [-0.2, -0.15) is 0 Å². The third-order valence-corrected chi connectivity index (χ3v) is 4.73. The summed E-state index contributed by atoms with van der Waals surface area (Å²) in [7, 11) is 0. The molecule has 138 valence electrons. The van der Waals surface area contributed by atoms with Crippen LogP contribution >= 0.6 is 23.2 Å². The monoisotopic (exact) mass is 408 g/mol. The molecule has 0 bridgehead atoms. The zero-order chi connectivity index (χ0) is 19.7. The van der Waals surface area contributed by atoms with Gasteiger partial charge in [-0.05, 0) is 35.9 Å². The first-order valence-corrected chi connectivity index (χ1v) is 9.27. The van der Waals surface area contributed by atoms with Crippen molar-refractivity contribution in [2.75, 3.05) is 10.2 Å². The fourth-order valence-electron chi connectivity index (χ4n) is 3.09. The summed E-state index contributed by atoms with van der Waals surface area (Å²) in [4.78, 5) is 27.6. The van der Waals surface area contributed by atoms with Crippen molar-refractivity contribution in [3.8, 4) is 0 Å². The Hall–Kier alpha value is -3.08. The van der Waals surface area contributed by atoms with Crippen molar-refractivity contribution in [3.63, 3.8) is 0 Å². The predicted molar refractivity (Wildman–Crippen MR) is 112 cm³/mol. The molecule has 1 aliphatic heterocycles. The van der Waals surface area contributed by atoms with E-state index in [4.69, 9.17) is 23.2 Å². The second kappa shape index (κ2) is 7.50. The van der Waals surface area contributed by atoms with E-state index in [0.717, 1.165) is 4.90 Å². The smallest absolute Gasteiger partial charge is 0.282 e. The van der Waals surface area contributed by atoms with E-state index in [1.807, 2.05) is 48.5 Å². The Labute approximate surface area is 172 Å². The maximum Gasteiger partial charge on any atom is 0.282 e. The molecule has 0 saturated heterocycles. The van der Waals surface area contributed by atoms with Crippen molar-refractivity contribution in [1.29, 1.82) is 0 Å². The molecule has 0 unspecified atom stereocenters. The number of hydrogen-bond donors (Lipinski definition) is 1. The molecule has 0 fully saturated rings. The summed E-state index contributed by atoms with van der Waals surface area (Å²) in [5, 5.41) is 3.78. The Morgan fingerprint density at radius 2 is 1.29 bits per heavy atom. The van der Waals surface area contributed by atoms with E-state index in [2.05, 4.69) is 5.32 Å². The number of nitrogens with one attached hydrogen (secondary N) is 1. The van der Waals surface area contributed by atoms with E-state index in [1.54, 1.807) is 18.2 Å². The summed E-state index contributed by atoms with van der Waals surface area (Å²) in [6, 6.07) is 22.9. The van der Waals surface area contributed by atoms with Gasteiger partial charge in [0.05, 0.1) is 11.3 Å². The largest absolute Gasteiger partial charge is 0.350 e. The molecule has 28 heavy (non-hydrogen) atoms. The van der Waals surface area contributed by atoms with Crippen molar-refractivity contribution in [2.45, 2.75) is 0 Å². The zero-order valence-corrected chi connectivity index (χ0v) is 16.0. The predicted octanol–water partition coefficient (Wildman–Crippen LogP) is 5.39. The number of para-hydroxylation sites is 1. The molecule has 4 rings (SSSR count). The van der Waals surface area contributed by atoms with Crippen LogP contribution in [0.1, 0.15) is 5.56 Å². The van der Waals surface area contributed by atoms with Crippen molar-refractivity contribution >= 4 is 52.0 Å². The molecule has 4 nitrogen and oxygen atoms in total. The average Bonchev–Trinajstić information content (AvgIpc) is 2.92. The van der Waals surface area contributed by atoms with Gasteiger partial charge in [0.2, 0.25) is 0 Å². The Morgan fingerprint density at radius 3 is 1.89 bits per heavy atom. The van der Waals surface area contributed by atoms with E-state index in [1.165, 1.54) is 12.1 Å². The molecular weight excluding hydrogens is 395 g/mol. The number of amides is 2. The minimum atomic E-state index is -0.467. The number of benzene rings is 3. The standard InChI is InChI=1S/C22H14Cl2N2O2/c23-15-11-16(24)13-18(12-15)26-21(27)19(14-7-3-1-4-8-14)20(22(26)28)25-17-9-5-2-6-10-17/h1-13,25H. The number of rotatable bonds is 4. The van der Waals surface area contributed by atoms with Gasteiger partial charge in [-0.25, -0.2) is 4.90 Å². The highest BCUT2D eigenvalue weighted by Crippen LogP contribution is 2.35. The lowest BCUT2D eigenvalue weighted by molar-refractivity contribution is -0.120. The van der Waals surface area contributed by atoms with E-state index in [9.17, 15) is 9.59 Å². The van der Waals surface area contributed by atoms with Crippen molar-refractivity contribution in [2.24, 2.45) is 0 Å². The van der Waals surface area contributed by atoms with Crippen LogP contribution in [0.15, 0.2) is 84.6 Å². The number of hydrogen-bond acceptors (Lipinski definition) is 3. The summed E-state index contributed by atoms with van der Waals surface area (Å²) in [6.07, 6.45) is 0. The lowest BCUT2D eigenvalue weighted by Crippen LogP contribution is -2.32. The zero-order valence-electron chi connectivity index (χ0n) is 14.5. The third kappa shape index (κ3) is 3.40. The van der Waals surface area contributed by atoms with Gasteiger partial charge in [0.15, 0.2) is 0 Å². The van der Waals surface area contributed by atoms with E-state index in [0.29, 0.717) is 32.6 Å². The lowest BCUT2D eigenvalue weighted by atomic mass is 10.0. The third-order valence-electron chi connectivity index (χ3n) is 4.30. The van der Waals surface area contributed by atoms with Crippen LogP contribution in [0, 0.1) is 0 Å². The van der Waals surface area contributed by atoms with Gasteiger partial charge in [0, 0.05) is 15.7 Å². The summed E-state index contributed by atoms with van der Waals surface area (Å²) >= 11 is 12.2. The molecular formula is C22H14Cl2N2O2. The maximum absolute atomic E-state index is 13.3. The maximum atomic E-state index is 13.3. The van der Waals surface area contributed by atoms with E-state index in [-0.39, 0.29) is 5.70 Å². The van der Waals surface area contributed by atoms with Gasteiger partial charge in [0.25, 0.3) is 11.8 Å². The summed E-state index contributed by atoms with van der Waals surface area (Å²) in [5.74, 6) is -0.904. The molecule has 2 amide bonds. The van der Waals surface area contributed by atoms with Gasteiger partial charge in [-0.15, -0.1) is 0 Å². The molecule has 1 N–H and O–H groups in total. The van der Waals surface area contributed by atoms with E-state index >= 15 is 0 Å². The highest BCUT2D eigenvalue weighted by molar-refractivity contribution is 6.46. The topological polar surface area (TPSA) is 49.4 Å². The highest BCUT2D eigenvalue weighted by atomic mass is 35.5. The quantitative estimate of drug-likeness (QED) is 0.588. The van der Waals surface area contributed by atoms with Crippen LogP contribution < -0.4 is 10.2 Å². The van der Waals surface area contributed by atoms with Crippen molar-refractivity contribution < 1.29 is 9.59 Å². The van der Waals surface area contributed by atoms with Crippen molar-refractivity contribution in [1.82, 2.24) is 0 Å². The molecule has 3 aromatic carbocycles. The van der Waals surface area contributed by atoms with Gasteiger partial charge >= 0.3 is 0 Å². The summed E-state index contributed by atoms with van der Waals surface area (Å²) < 4.78 is 0. The second-order valence-corrected chi connectivity index (χ2v) is 7.05. The van der Waals surface area contributed by atoms with Gasteiger partial charge < -0.3 is 5.32 Å². The Balaban J connectivity index is 1.83. The number of halogens is 2. The number of carbonyl (C=O) groups is 2. The summed E-state index contributed by atoms with van der Waals surface area (Å²) in [5.41, 5.74) is 2.18. The molecule has 6 heteroatoms. The van der Waals surface area contributed by atoms with Crippen molar-refractivity contribution in [3.05, 3.63) is 100 Å². The fraction of sp³-hybridized carbons (Fsp3) is 0. The number of carbonyl (C=O) groups excluding carboxylic acids is 2. The van der Waals surface area contributed by atoms with Crippen LogP contribution in [0.25, 0.3) is 5.57 Å². The second-order valence-electron chi connectivity index (χ2n) is 6.18. The molecule has 1 aliphatic rings. The Morgan fingerprint density at radius 1 is 0.714 bits per heavy atom. The first kappa shape index (κ1) is 18.3. The minimum Gasteiger partial charge on any atom is -0.350 e. The fourth-order valence-corrected chi connectivity index (χ4v) is 3.60. The molecule has 0 aromatic heterocycles. The molecule has 1 heterocycles. The first-order chi connectivity index (χ1) is 13.5. The van der Waals surface area contributed by atoms with Crippen LogP contribution in [-0.2, 0) is 9.59 Å². The molecule has 0 spiro atoms. The van der Waals surface area contributed by atoms with Gasteiger partial charge in [-0.1, -0.05) is 71.7 Å². The van der Waals surface area contributed by atoms with Gasteiger partial charge in [0.1, 0.15) is 5.70 Å². The number of anilines is 2. The molecule has 3 aromatic rings. The summed E-state index contributed by atoms with van der Waals surface area (Å²) in [6.45, 7) is 0. The lowest BCUT2D eigenvalue weighted by Gasteiger charge is -2.16. The van der Waals surface area contributed by atoms with Crippen LogP contribution in [0.3, 0.4) is 0 Å². The van der Waals surface area contributed by atoms with Crippen LogP contribution in [0.5, 0.6) is 0 Å². The first-order valence-electron chi connectivity index (χ1n) is 8.51. The van der Waals surface area contributed by atoms with Crippen LogP contribution in [0.2, 0.25) is 10.0 Å². The Kier molecular flexibility index (Phi) is 4.90. The Bertz CT molecular complexity index is 1080. The normalized spacial score (nSPS) is 14.0. The highest BCUT2D eigenvalue weighted by Gasteiger charge is 2.40. The van der Waals surface area contributed by atoms with Crippen LogP contribution in [-0.4, -0.2) is 11.8 Å². The van der Waals surface area contributed by atoms with E-state index < -0.39 is 11.8 Å². The number of imide groups is 1. The SMILES string of the molecule is O=C1C(Nc2ccccc2)=C(c2ccccc2)C(=O)N1c1cc(Cl)cc(Cl)c1.